The fourth-order valence-electron chi connectivity index (χ4n) is 4.96. The van der Waals surface area contributed by atoms with Gasteiger partial charge in [0.1, 0.15) is 17.4 Å². The summed E-state index contributed by atoms with van der Waals surface area (Å²) in [5.74, 6) is -2.49. The number of amides is 3. The standard InChI is InChI=1S/C35H34F2N4O7/c1-21(40-47)25-15-26(17-29(16-25)38-33(43)24-8-4-3-5-9-24)34(44)39-31(14-23-11-27(36)18-28(37)12-23)32(42)20-41(35(45)46)19-22-7-6-10-30(13-22)48-2/h3-13,15-18,31-32,42,47H,14,19-20H2,1-2H3,(H,38,43)(H,39,44)(H,45,46)/b40-21-/t31-,32+/m0/s1. The molecule has 4 rings (SSSR count). The summed E-state index contributed by atoms with van der Waals surface area (Å²) in [7, 11) is 1.47. The Morgan fingerprint density at radius 2 is 1.54 bits per heavy atom. The maximum Gasteiger partial charge on any atom is 0.407 e. The van der Waals surface area contributed by atoms with Gasteiger partial charge in [-0.05, 0) is 79.1 Å². The first-order valence-corrected chi connectivity index (χ1v) is 14.7. The quantitative estimate of drug-likeness (QED) is 0.0738. The lowest BCUT2D eigenvalue weighted by atomic mass is 9.99. The van der Waals surface area contributed by atoms with E-state index in [1.165, 1.54) is 32.2 Å². The zero-order chi connectivity index (χ0) is 34.8. The van der Waals surface area contributed by atoms with Gasteiger partial charge >= 0.3 is 6.09 Å². The van der Waals surface area contributed by atoms with Gasteiger partial charge in [0.05, 0.1) is 31.5 Å². The highest BCUT2D eigenvalue weighted by Crippen LogP contribution is 2.20. The van der Waals surface area contributed by atoms with Gasteiger partial charge in [0.25, 0.3) is 11.8 Å². The summed E-state index contributed by atoms with van der Waals surface area (Å²) in [6, 6.07) is 20.8. The number of halogens is 2. The molecule has 0 aliphatic rings. The van der Waals surface area contributed by atoms with Crippen LogP contribution in [0.15, 0.2) is 96.2 Å². The second kappa shape index (κ2) is 16.1. The molecule has 0 heterocycles. The molecule has 3 amide bonds. The second-order valence-corrected chi connectivity index (χ2v) is 10.9. The van der Waals surface area contributed by atoms with Gasteiger partial charge in [-0.25, -0.2) is 13.6 Å². The minimum atomic E-state index is -1.55. The summed E-state index contributed by atoms with van der Waals surface area (Å²) in [6.45, 7) is 0.864. The third-order valence-corrected chi connectivity index (χ3v) is 7.40. The summed E-state index contributed by atoms with van der Waals surface area (Å²) in [4.78, 5) is 39.7. The summed E-state index contributed by atoms with van der Waals surface area (Å²) in [5, 5.41) is 39.2. The average Bonchev–Trinajstić information content (AvgIpc) is 3.07. The maximum absolute atomic E-state index is 14.1. The van der Waals surface area contributed by atoms with Crippen LogP contribution in [0.2, 0.25) is 0 Å². The van der Waals surface area contributed by atoms with Gasteiger partial charge in [-0.15, -0.1) is 0 Å². The van der Waals surface area contributed by atoms with Crippen molar-refractivity contribution in [2.75, 3.05) is 19.0 Å². The van der Waals surface area contributed by atoms with Crippen molar-refractivity contribution in [3.63, 3.8) is 0 Å². The van der Waals surface area contributed by atoms with E-state index in [-0.39, 0.29) is 41.1 Å². The van der Waals surface area contributed by atoms with Gasteiger partial charge in [0.15, 0.2) is 0 Å². The summed E-state index contributed by atoms with van der Waals surface area (Å²) < 4.78 is 33.4. The van der Waals surface area contributed by atoms with Crippen molar-refractivity contribution in [1.82, 2.24) is 10.2 Å². The van der Waals surface area contributed by atoms with E-state index in [1.807, 2.05) is 0 Å². The van der Waals surface area contributed by atoms with Crippen LogP contribution in [0.1, 0.15) is 44.3 Å². The fraction of sp³-hybridized carbons (Fsp3) is 0.200. The zero-order valence-electron chi connectivity index (χ0n) is 26.1. The first-order valence-electron chi connectivity index (χ1n) is 14.7. The molecule has 0 unspecified atom stereocenters. The Kier molecular flexibility index (Phi) is 11.8. The van der Waals surface area contributed by atoms with E-state index in [0.29, 0.717) is 22.9 Å². The molecule has 48 heavy (non-hydrogen) atoms. The first-order chi connectivity index (χ1) is 22.9. The first kappa shape index (κ1) is 35.0. The Balaban J connectivity index is 1.64. The van der Waals surface area contributed by atoms with Crippen LogP contribution in [-0.2, 0) is 13.0 Å². The van der Waals surface area contributed by atoms with Gasteiger partial charge < -0.3 is 35.7 Å². The molecule has 4 aromatic carbocycles. The van der Waals surface area contributed by atoms with Crippen LogP contribution in [0, 0.1) is 11.6 Å². The number of aliphatic hydroxyl groups excluding tert-OH is 1. The number of oxime groups is 1. The van der Waals surface area contributed by atoms with E-state index >= 15 is 0 Å². The number of benzene rings is 4. The Morgan fingerprint density at radius 3 is 2.19 bits per heavy atom. The van der Waals surface area contributed by atoms with Crippen LogP contribution in [0.5, 0.6) is 5.75 Å². The van der Waals surface area contributed by atoms with Gasteiger partial charge in [0.2, 0.25) is 0 Å². The summed E-state index contributed by atoms with van der Waals surface area (Å²) in [6.07, 6.45) is -3.19. The van der Waals surface area contributed by atoms with E-state index in [4.69, 9.17) is 4.74 Å². The topological polar surface area (TPSA) is 161 Å². The molecule has 5 N–H and O–H groups in total. The van der Waals surface area contributed by atoms with Gasteiger partial charge in [0, 0.05) is 35.0 Å². The lowest BCUT2D eigenvalue weighted by Crippen LogP contribution is -2.50. The highest BCUT2D eigenvalue weighted by atomic mass is 19.1. The molecule has 2 atom stereocenters. The minimum Gasteiger partial charge on any atom is -0.497 e. The molecular weight excluding hydrogens is 626 g/mol. The third-order valence-electron chi connectivity index (χ3n) is 7.40. The lowest BCUT2D eigenvalue weighted by Gasteiger charge is -2.29. The van der Waals surface area contributed by atoms with Crippen molar-refractivity contribution < 1.29 is 43.3 Å². The molecule has 0 aliphatic heterocycles. The molecule has 0 aromatic heterocycles. The number of ether oxygens (including phenoxy) is 1. The van der Waals surface area contributed by atoms with Crippen molar-refractivity contribution in [2.45, 2.75) is 32.0 Å². The van der Waals surface area contributed by atoms with Crippen LogP contribution in [0.4, 0.5) is 19.3 Å². The molecule has 0 bridgehead atoms. The third kappa shape index (κ3) is 9.59. The van der Waals surface area contributed by atoms with Crippen LogP contribution in [-0.4, -0.2) is 69.7 Å². The van der Waals surface area contributed by atoms with Gasteiger partial charge in [-0.3, -0.25) is 9.59 Å². The van der Waals surface area contributed by atoms with E-state index < -0.39 is 48.2 Å². The Labute approximate surface area is 275 Å². The number of carbonyl (C=O) groups excluding carboxylic acids is 2. The molecular formula is C35H34F2N4O7. The molecule has 13 heteroatoms. The summed E-state index contributed by atoms with van der Waals surface area (Å²) >= 11 is 0. The molecule has 250 valence electrons. The predicted octanol–water partition coefficient (Wildman–Crippen LogP) is 5.31. The molecule has 11 nitrogen and oxygen atoms in total. The summed E-state index contributed by atoms with van der Waals surface area (Å²) in [5.41, 5.74) is 1.60. The van der Waals surface area contributed by atoms with Crippen molar-refractivity contribution >= 4 is 29.3 Å². The minimum absolute atomic E-state index is 0.0204. The number of hydrogen-bond donors (Lipinski definition) is 5. The lowest BCUT2D eigenvalue weighted by molar-refractivity contribution is 0.0640. The van der Waals surface area contributed by atoms with E-state index in [9.17, 15) is 38.6 Å². The van der Waals surface area contributed by atoms with Crippen molar-refractivity contribution in [3.05, 3.63) is 130 Å². The van der Waals surface area contributed by atoms with E-state index in [1.54, 1.807) is 54.6 Å². The number of carboxylic acid groups (broad SMARTS) is 1. The number of aliphatic hydroxyl groups is 1. The Hall–Kier alpha value is -5.82. The molecule has 0 fully saturated rings. The van der Waals surface area contributed by atoms with E-state index in [0.717, 1.165) is 17.0 Å². The molecule has 0 radical (unpaired) electrons. The van der Waals surface area contributed by atoms with Crippen molar-refractivity contribution in [2.24, 2.45) is 5.16 Å². The Morgan fingerprint density at radius 1 is 0.854 bits per heavy atom. The highest BCUT2D eigenvalue weighted by molar-refractivity contribution is 6.07. The average molecular weight is 661 g/mol. The highest BCUT2D eigenvalue weighted by Gasteiger charge is 2.28. The number of anilines is 1. The smallest absolute Gasteiger partial charge is 0.407 e. The largest absolute Gasteiger partial charge is 0.497 e. The van der Waals surface area contributed by atoms with Gasteiger partial charge in [-0.1, -0.05) is 35.5 Å². The fourth-order valence-corrected chi connectivity index (χ4v) is 4.96. The predicted molar refractivity (Wildman–Crippen MR) is 174 cm³/mol. The number of nitrogens with one attached hydrogen (secondary N) is 2. The van der Waals surface area contributed by atoms with Crippen LogP contribution >= 0.6 is 0 Å². The van der Waals surface area contributed by atoms with Crippen molar-refractivity contribution in [1.29, 1.82) is 0 Å². The molecule has 4 aromatic rings. The normalized spacial score (nSPS) is 12.5. The second-order valence-electron chi connectivity index (χ2n) is 10.9. The monoisotopic (exact) mass is 660 g/mol. The Bertz CT molecular complexity index is 1780. The number of carbonyl (C=O) groups is 3. The maximum atomic E-state index is 14.1. The molecule has 0 saturated carbocycles. The zero-order valence-corrected chi connectivity index (χ0v) is 26.1. The SMILES string of the molecule is COc1cccc(CN(C[C@@H](O)[C@H](Cc2cc(F)cc(F)c2)NC(=O)c2cc(NC(=O)c3ccccc3)cc(/C(C)=N\O)c2)C(=O)O)c1. The molecule has 0 aliphatic carbocycles. The van der Waals surface area contributed by atoms with E-state index in [2.05, 4.69) is 15.8 Å². The molecule has 0 spiro atoms. The number of rotatable bonds is 13. The number of hydrogen-bond acceptors (Lipinski definition) is 7. The number of methoxy groups -OCH3 is 1. The van der Waals surface area contributed by atoms with Crippen LogP contribution in [0.3, 0.4) is 0 Å². The van der Waals surface area contributed by atoms with Crippen molar-refractivity contribution in [3.8, 4) is 5.75 Å². The number of nitrogens with zero attached hydrogens (tertiary/aromatic N) is 2. The van der Waals surface area contributed by atoms with Gasteiger partial charge in [-0.2, -0.15) is 0 Å². The van der Waals surface area contributed by atoms with Crippen LogP contribution in [0.25, 0.3) is 0 Å². The van der Waals surface area contributed by atoms with Crippen LogP contribution < -0.4 is 15.4 Å². The molecule has 0 saturated heterocycles.